The smallest absolute Gasteiger partial charge is 0.354 e. The van der Waals surface area contributed by atoms with E-state index in [2.05, 4.69) is 17.1 Å². The molecule has 0 saturated carbocycles. The van der Waals surface area contributed by atoms with Gasteiger partial charge in [-0.1, -0.05) is 36.0 Å². The summed E-state index contributed by atoms with van der Waals surface area (Å²) >= 11 is 0. The first kappa shape index (κ1) is 34.2. The molecular weight excluding hydrogens is 805 g/mol. The summed E-state index contributed by atoms with van der Waals surface area (Å²) < 4.78 is 0. The first-order chi connectivity index (χ1) is 23.2. The molecule has 0 fully saturated rings. The van der Waals surface area contributed by atoms with E-state index in [0.717, 1.165) is 5.56 Å². The minimum absolute atomic E-state index is 0. The molecule has 0 unspecified atom stereocenters. The maximum Gasteiger partial charge on any atom is 0.354 e. The predicted molar refractivity (Wildman–Crippen MR) is 176 cm³/mol. The van der Waals surface area contributed by atoms with Crippen LogP contribution in [0.15, 0.2) is 122 Å². The van der Waals surface area contributed by atoms with Crippen LogP contribution in [0.5, 0.6) is 0 Å². The van der Waals surface area contributed by atoms with E-state index < -0.39 is 21.2 Å². The summed E-state index contributed by atoms with van der Waals surface area (Å²) in [4.78, 5) is 47.8. The van der Waals surface area contributed by atoms with Gasteiger partial charge in [-0.15, -0.1) is 47.5 Å². The fourth-order valence-corrected chi connectivity index (χ4v) is 5.72. The Bertz CT molecular complexity index is 2090. The van der Waals surface area contributed by atoms with Gasteiger partial charge in [-0.3, -0.25) is 30.2 Å². The second-order valence-corrected chi connectivity index (χ2v) is 10.6. The zero-order valence-electron chi connectivity index (χ0n) is 25.6. The molecule has 1 N–H and O–H groups in total. The van der Waals surface area contributed by atoms with Gasteiger partial charge in [0, 0.05) is 60.9 Å². The van der Waals surface area contributed by atoms with E-state index >= 15 is 0 Å². The van der Waals surface area contributed by atoms with Crippen LogP contribution >= 0.6 is 0 Å². The summed E-state index contributed by atoms with van der Waals surface area (Å²) in [6.07, 6.45) is 3.11. The van der Waals surface area contributed by atoms with Gasteiger partial charge in [0.05, 0.1) is 16.0 Å². The number of hydrogen-bond acceptors (Lipinski definition) is 9. The number of aromatic nitrogens is 3. The minimum Gasteiger partial charge on any atom is -0.477 e. The van der Waals surface area contributed by atoms with Crippen LogP contribution in [0.25, 0.3) is 11.3 Å². The number of nitrogens with zero attached hydrogens (tertiary/aromatic N) is 6. The van der Waals surface area contributed by atoms with Crippen LogP contribution in [-0.4, -0.2) is 42.9 Å². The maximum atomic E-state index is 11.7. The number of nitro benzene ring substituents is 2. The Hall–Kier alpha value is -6.17. The zero-order chi connectivity index (χ0) is 33.8. The molecule has 6 aromatic rings. The first-order valence-corrected chi connectivity index (χ1v) is 14.5. The van der Waals surface area contributed by atoms with Gasteiger partial charge in [0.1, 0.15) is 5.69 Å². The number of pyridine rings is 3. The van der Waals surface area contributed by atoms with Crippen molar-refractivity contribution >= 4 is 28.7 Å². The minimum atomic E-state index is -1.19. The van der Waals surface area contributed by atoms with Gasteiger partial charge in [0.15, 0.2) is 5.69 Å². The van der Waals surface area contributed by atoms with Gasteiger partial charge >= 0.3 is 5.97 Å². The Morgan fingerprint density at radius 3 is 2.10 bits per heavy atom. The number of fused-ring (bicyclic) bond motifs is 2. The molecule has 245 valence electrons. The molecule has 1 atom stereocenters. The second-order valence-electron chi connectivity index (χ2n) is 10.6. The van der Waals surface area contributed by atoms with E-state index in [1.807, 2.05) is 54.6 Å². The maximum absolute atomic E-state index is 11.7. The van der Waals surface area contributed by atoms with Crippen LogP contribution in [0.4, 0.5) is 22.7 Å². The van der Waals surface area contributed by atoms with Crippen molar-refractivity contribution in [3.8, 4) is 11.3 Å². The van der Waals surface area contributed by atoms with Gasteiger partial charge in [-0.25, -0.2) is 9.78 Å². The predicted octanol–water partition coefficient (Wildman–Crippen LogP) is 6.80. The number of non-ortho nitro benzene ring substituents is 2. The standard InChI is InChI=1S/C30H19N5O4.C6H5NO2.Ir/c1-33-26-18-21(34(36)37)13-15-23(26)30(28-11-5-6-17-31-28,24-16-14-22(35(38)39)19-27(24)33)29-12-7-10-25(32-29)20-8-3-2-4-9-20;8-6(9)5-3-1-2-4-7-5;/h2-8,10-15,17-19H,1H3;1-4H,(H,8,9);/q-2;;/t30-;;/m0../s1. The van der Waals surface area contributed by atoms with Gasteiger partial charge in [0.2, 0.25) is 0 Å². The summed E-state index contributed by atoms with van der Waals surface area (Å²) in [5, 5.41) is 31.8. The third-order valence-corrected chi connectivity index (χ3v) is 7.86. The molecule has 13 heteroatoms. The Kier molecular flexibility index (Phi) is 9.97. The van der Waals surface area contributed by atoms with Crippen LogP contribution in [0.2, 0.25) is 0 Å². The number of hydrogen-bond donors (Lipinski definition) is 1. The van der Waals surface area contributed by atoms with Crippen molar-refractivity contribution in [2.24, 2.45) is 0 Å². The van der Waals surface area contributed by atoms with Crippen molar-refractivity contribution in [1.29, 1.82) is 0 Å². The molecule has 3 aromatic carbocycles. The van der Waals surface area contributed by atoms with E-state index in [1.165, 1.54) is 36.5 Å². The fourth-order valence-electron chi connectivity index (χ4n) is 5.72. The number of anilines is 2. The Morgan fingerprint density at radius 1 is 0.796 bits per heavy atom. The molecule has 4 heterocycles. The topological polar surface area (TPSA) is 165 Å². The molecule has 0 amide bonds. The second kappa shape index (κ2) is 14.3. The molecule has 0 saturated heterocycles. The van der Waals surface area contributed by atoms with Crippen LogP contribution < -0.4 is 4.90 Å². The molecule has 0 aliphatic carbocycles. The van der Waals surface area contributed by atoms with Gasteiger partial charge in [0.25, 0.3) is 5.69 Å². The number of aromatic carboxylic acids is 1. The van der Waals surface area contributed by atoms with E-state index in [9.17, 15) is 25.0 Å². The Labute approximate surface area is 293 Å². The summed E-state index contributed by atoms with van der Waals surface area (Å²) in [5.74, 6) is -0.990. The molecule has 7 rings (SSSR count). The quantitative estimate of drug-likeness (QED) is 0.107. The molecular formula is C36H24IrN6O6-2. The van der Waals surface area contributed by atoms with Crippen molar-refractivity contribution in [3.63, 3.8) is 0 Å². The summed E-state index contributed by atoms with van der Waals surface area (Å²) in [5.41, 5.74) is 3.56. The number of nitro groups is 2. The fraction of sp³-hybridized carbons (Fsp3) is 0.0556. The summed E-state index contributed by atoms with van der Waals surface area (Å²) in [6.45, 7) is 0. The first-order valence-electron chi connectivity index (χ1n) is 14.5. The van der Waals surface area contributed by atoms with E-state index in [0.29, 0.717) is 39.6 Å². The molecule has 49 heavy (non-hydrogen) atoms. The molecule has 0 bridgehead atoms. The number of benzene rings is 3. The van der Waals surface area contributed by atoms with Crippen molar-refractivity contribution in [2.45, 2.75) is 5.41 Å². The third kappa shape index (κ3) is 6.40. The third-order valence-electron chi connectivity index (χ3n) is 7.86. The monoisotopic (exact) mass is 829 g/mol. The Balaban J connectivity index is 0.000000409. The summed E-state index contributed by atoms with van der Waals surface area (Å²) in [6, 6.07) is 37.2. The van der Waals surface area contributed by atoms with E-state index in [4.69, 9.17) is 15.1 Å². The van der Waals surface area contributed by atoms with Crippen molar-refractivity contribution in [3.05, 3.63) is 182 Å². The molecule has 3 aromatic heterocycles. The largest absolute Gasteiger partial charge is 0.477 e. The SMILES string of the molecule is CN1c2cc([N+](=O)[O-])c[c-]c2[C@@](c2ccccn2)(c2cccc(-c3[c-]cccc3)n2)c2ccc([N+](=O)[O-])cc21.O=C(O)c1ccccn1.[Ir]. The van der Waals surface area contributed by atoms with Gasteiger partial charge in [-0.05, 0) is 54.7 Å². The van der Waals surface area contributed by atoms with E-state index in [-0.39, 0.29) is 37.2 Å². The average molecular weight is 829 g/mol. The Morgan fingerprint density at radius 2 is 1.49 bits per heavy atom. The van der Waals surface area contributed by atoms with Crippen LogP contribution in [0, 0.1) is 32.4 Å². The van der Waals surface area contributed by atoms with Gasteiger partial charge in [-0.2, -0.15) is 6.07 Å². The average Bonchev–Trinajstić information content (AvgIpc) is 3.13. The molecule has 1 aliphatic heterocycles. The molecule has 1 radical (unpaired) electrons. The molecule has 12 nitrogen and oxygen atoms in total. The number of carbonyl (C=O) groups is 1. The zero-order valence-corrected chi connectivity index (χ0v) is 27.9. The van der Waals surface area contributed by atoms with Crippen LogP contribution in [0.1, 0.15) is 33.0 Å². The number of carboxylic acid groups (broad SMARTS) is 1. The van der Waals surface area contributed by atoms with Crippen molar-refractivity contribution in [1.82, 2.24) is 15.0 Å². The molecule has 0 spiro atoms. The molecule has 1 aliphatic rings. The van der Waals surface area contributed by atoms with Gasteiger partial charge < -0.3 is 10.0 Å². The number of carboxylic acids is 1. The summed E-state index contributed by atoms with van der Waals surface area (Å²) in [7, 11) is 1.73. The van der Waals surface area contributed by atoms with Crippen molar-refractivity contribution in [2.75, 3.05) is 11.9 Å². The van der Waals surface area contributed by atoms with Crippen molar-refractivity contribution < 1.29 is 39.9 Å². The van der Waals surface area contributed by atoms with Crippen LogP contribution in [-0.2, 0) is 25.5 Å². The van der Waals surface area contributed by atoms with E-state index in [1.54, 1.807) is 42.4 Å². The number of rotatable bonds is 6. The van der Waals surface area contributed by atoms with Crippen LogP contribution in [0.3, 0.4) is 0 Å². The normalized spacial score (nSPS) is 14.2.